The molecule has 2 heteroatoms. The van der Waals surface area contributed by atoms with E-state index in [9.17, 15) is 4.39 Å². The van der Waals surface area contributed by atoms with Crippen LogP contribution in [0.3, 0.4) is 0 Å². The molecule has 1 aromatic carbocycles. The van der Waals surface area contributed by atoms with Crippen molar-refractivity contribution in [3.8, 4) is 0 Å². The largest absolute Gasteiger partial charge is 0.309 e. The molecule has 0 radical (unpaired) electrons. The van der Waals surface area contributed by atoms with Crippen LogP contribution in [0.4, 0.5) is 4.39 Å². The number of hydrogen-bond donors (Lipinski definition) is 1. The molecule has 16 heavy (non-hydrogen) atoms. The van der Waals surface area contributed by atoms with Crippen LogP contribution in [0.1, 0.15) is 43.6 Å². The van der Waals surface area contributed by atoms with Gasteiger partial charge in [0.05, 0.1) is 0 Å². The van der Waals surface area contributed by atoms with E-state index in [4.69, 9.17) is 0 Å². The van der Waals surface area contributed by atoms with Gasteiger partial charge >= 0.3 is 0 Å². The highest BCUT2D eigenvalue weighted by Crippen LogP contribution is 2.22. The van der Waals surface area contributed by atoms with E-state index in [0.717, 1.165) is 16.7 Å². The molecule has 0 saturated carbocycles. The van der Waals surface area contributed by atoms with Crippen LogP contribution < -0.4 is 5.32 Å². The summed E-state index contributed by atoms with van der Waals surface area (Å²) in [6.07, 6.45) is -0.931. The second-order valence-corrected chi connectivity index (χ2v) is 5.46. The first-order valence-corrected chi connectivity index (χ1v) is 5.76. The van der Waals surface area contributed by atoms with Crippen molar-refractivity contribution in [3.63, 3.8) is 0 Å². The second-order valence-electron chi connectivity index (χ2n) is 5.46. The van der Waals surface area contributed by atoms with Gasteiger partial charge in [0, 0.05) is 12.1 Å². The van der Waals surface area contributed by atoms with Gasteiger partial charge in [0.2, 0.25) is 0 Å². The van der Waals surface area contributed by atoms with Gasteiger partial charge in [0.25, 0.3) is 0 Å². The van der Waals surface area contributed by atoms with Gasteiger partial charge < -0.3 is 5.32 Å². The minimum atomic E-state index is -0.931. The zero-order chi connectivity index (χ0) is 12.3. The highest BCUT2D eigenvalue weighted by Gasteiger charge is 2.16. The van der Waals surface area contributed by atoms with E-state index in [1.165, 1.54) is 0 Å². The molecule has 0 aliphatic rings. The first-order valence-electron chi connectivity index (χ1n) is 5.76. The molecule has 0 heterocycles. The SMILES string of the molecule is Cc1ccc(C)c(C(F)CNC(C)(C)C)c1. The normalized spacial score (nSPS) is 13.9. The first-order chi connectivity index (χ1) is 7.29. The van der Waals surface area contributed by atoms with E-state index < -0.39 is 6.17 Å². The van der Waals surface area contributed by atoms with E-state index in [1.54, 1.807) is 0 Å². The van der Waals surface area contributed by atoms with Crippen LogP contribution in [-0.2, 0) is 0 Å². The van der Waals surface area contributed by atoms with Crippen LogP contribution in [0.25, 0.3) is 0 Å². The molecule has 1 N–H and O–H groups in total. The van der Waals surface area contributed by atoms with E-state index in [-0.39, 0.29) is 5.54 Å². The molecule has 0 saturated heterocycles. The van der Waals surface area contributed by atoms with Gasteiger partial charge in [-0.05, 0) is 45.7 Å². The minimum absolute atomic E-state index is 0.0396. The highest BCUT2D eigenvalue weighted by atomic mass is 19.1. The fraction of sp³-hybridized carbons (Fsp3) is 0.571. The standard InChI is InChI=1S/C14H22FN/c1-10-6-7-11(2)12(8-10)13(15)9-16-14(3,4)5/h6-8,13,16H,9H2,1-5H3. The highest BCUT2D eigenvalue weighted by molar-refractivity contribution is 5.32. The zero-order valence-electron chi connectivity index (χ0n) is 10.9. The van der Waals surface area contributed by atoms with Crippen molar-refractivity contribution >= 4 is 0 Å². The van der Waals surface area contributed by atoms with Crippen molar-refractivity contribution in [1.82, 2.24) is 5.32 Å². The number of hydrogen-bond acceptors (Lipinski definition) is 1. The summed E-state index contributed by atoms with van der Waals surface area (Å²) in [5, 5.41) is 3.19. The molecule has 90 valence electrons. The van der Waals surface area contributed by atoms with Crippen LogP contribution in [0.5, 0.6) is 0 Å². The predicted octanol–water partition coefficient (Wildman–Crippen LogP) is 3.70. The summed E-state index contributed by atoms with van der Waals surface area (Å²) >= 11 is 0. The maximum absolute atomic E-state index is 14.0. The van der Waals surface area contributed by atoms with Crippen LogP contribution in [0.15, 0.2) is 18.2 Å². The molecule has 1 rings (SSSR count). The molecule has 0 bridgehead atoms. The molecule has 0 spiro atoms. The Balaban J connectivity index is 2.73. The summed E-state index contributed by atoms with van der Waals surface area (Å²) < 4.78 is 14.0. The second kappa shape index (κ2) is 4.96. The number of aryl methyl sites for hydroxylation is 2. The summed E-state index contributed by atoms with van der Waals surface area (Å²) in [7, 11) is 0. The van der Waals surface area contributed by atoms with E-state index in [2.05, 4.69) is 5.32 Å². The maximum Gasteiger partial charge on any atom is 0.138 e. The smallest absolute Gasteiger partial charge is 0.138 e. The lowest BCUT2D eigenvalue weighted by atomic mass is 10.0. The van der Waals surface area contributed by atoms with Gasteiger partial charge in [0.15, 0.2) is 0 Å². The molecular formula is C14H22FN. The molecule has 1 nitrogen and oxygen atoms in total. The lowest BCUT2D eigenvalue weighted by molar-refractivity contribution is 0.290. The Kier molecular flexibility index (Phi) is 4.09. The average molecular weight is 223 g/mol. The van der Waals surface area contributed by atoms with Crippen molar-refractivity contribution in [2.24, 2.45) is 0 Å². The van der Waals surface area contributed by atoms with E-state index >= 15 is 0 Å². The lowest BCUT2D eigenvalue weighted by Gasteiger charge is -2.22. The van der Waals surface area contributed by atoms with Crippen LogP contribution >= 0.6 is 0 Å². The topological polar surface area (TPSA) is 12.0 Å². The third-order valence-corrected chi connectivity index (χ3v) is 2.58. The summed E-state index contributed by atoms with van der Waals surface area (Å²) in [4.78, 5) is 0. The molecule has 0 aromatic heterocycles. The number of alkyl halides is 1. The van der Waals surface area contributed by atoms with E-state index in [1.807, 2.05) is 52.8 Å². The molecule has 1 unspecified atom stereocenters. The molecule has 0 amide bonds. The third kappa shape index (κ3) is 3.93. The van der Waals surface area contributed by atoms with Gasteiger partial charge in [-0.2, -0.15) is 0 Å². The van der Waals surface area contributed by atoms with Crippen LogP contribution in [0.2, 0.25) is 0 Å². The Bertz CT molecular complexity index is 352. The number of halogens is 1. The first kappa shape index (κ1) is 13.2. The van der Waals surface area contributed by atoms with Gasteiger partial charge in [-0.3, -0.25) is 0 Å². The molecular weight excluding hydrogens is 201 g/mol. The van der Waals surface area contributed by atoms with Crippen molar-refractivity contribution in [2.75, 3.05) is 6.54 Å². The Hall–Kier alpha value is -0.890. The summed E-state index contributed by atoms with van der Waals surface area (Å²) in [5.74, 6) is 0. The Morgan fingerprint density at radius 2 is 1.88 bits per heavy atom. The Morgan fingerprint density at radius 1 is 1.25 bits per heavy atom. The van der Waals surface area contributed by atoms with Crippen molar-refractivity contribution < 1.29 is 4.39 Å². The quantitative estimate of drug-likeness (QED) is 0.824. The molecule has 0 fully saturated rings. The monoisotopic (exact) mass is 223 g/mol. The average Bonchev–Trinajstić information content (AvgIpc) is 2.17. The van der Waals surface area contributed by atoms with Gasteiger partial charge in [-0.1, -0.05) is 23.8 Å². The molecule has 1 atom stereocenters. The summed E-state index contributed by atoms with van der Waals surface area (Å²) in [6.45, 7) is 10.5. The number of benzene rings is 1. The molecule has 0 aliphatic carbocycles. The third-order valence-electron chi connectivity index (χ3n) is 2.58. The number of nitrogens with one attached hydrogen (secondary N) is 1. The number of rotatable bonds is 3. The molecule has 0 aliphatic heterocycles. The van der Waals surface area contributed by atoms with Gasteiger partial charge in [0.1, 0.15) is 6.17 Å². The fourth-order valence-corrected chi connectivity index (χ4v) is 1.60. The minimum Gasteiger partial charge on any atom is -0.309 e. The lowest BCUT2D eigenvalue weighted by Crippen LogP contribution is -2.38. The van der Waals surface area contributed by atoms with Crippen LogP contribution in [-0.4, -0.2) is 12.1 Å². The van der Waals surface area contributed by atoms with Crippen molar-refractivity contribution in [1.29, 1.82) is 0 Å². The summed E-state index contributed by atoms with van der Waals surface area (Å²) in [5.41, 5.74) is 2.90. The van der Waals surface area contributed by atoms with E-state index in [0.29, 0.717) is 6.54 Å². The van der Waals surface area contributed by atoms with Gasteiger partial charge in [-0.15, -0.1) is 0 Å². The Morgan fingerprint density at radius 3 is 2.44 bits per heavy atom. The van der Waals surface area contributed by atoms with Gasteiger partial charge in [-0.25, -0.2) is 4.39 Å². The maximum atomic E-state index is 14.0. The van der Waals surface area contributed by atoms with Crippen LogP contribution in [0, 0.1) is 13.8 Å². The predicted molar refractivity (Wildman–Crippen MR) is 67.5 cm³/mol. The van der Waals surface area contributed by atoms with Crippen molar-refractivity contribution in [2.45, 2.75) is 46.3 Å². The Labute approximate surface area is 98.1 Å². The zero-order valence-corrected chi connectivity index (χ0v) is 10.9. The van der Waals surface area contributed by atoms with Crippen molar-refractivity contribution in [3.05, 3.63) is 34.9 Å². The molecule has 1 aromatic rings. The summed E-state index contributed by atoms with van der Waals surface area (Å²) in [6, 6.07) is 5.93. The fourth-order valence-electron chi connectivity index (χ4n) is 1.60.